The van der Waals surface area contributed by atoms with Crippen molar-refractivity contribution in [3.63, 3.8) is 0 Å². The summed E-state index contributed by atoms with van der Waals surface area (Å²) in [7, 11) is 0. The van der Waals surface area contributed by atoms with Gasteiger partial charge in [-0.3, -0.25) is 14.2 Å². The topological polar surface area (TPSA) is 90.3 Å². The molecule has 1 atom stereocenters. The summed E-state index contributed by atoms with van der Waals surface area (Å²) in [6, 6.07) is 16.0. The van der Waals surface area contributed by atoms with Gasteiger partial charge in [-0.1, -0.05) is 55.5 Å². The van der Waals surface area contributed by atoms with Crippen molar-refractivity contribution in [3.8, 4) is 0 Å². The van der Waals surface area contributed by atoms with Gasteiger partial charge in [-0.25, -0.2) is 9.78 Å². The number of aryl methyl sites for hydroxylation is 2. The average Bonchev–Trinajstić information content (AvgIpc) is 3.19. The molecule has 4 rings (SSSR count). The van der Waals surface area contributed by atoms with Gasteiger partial charge in [0.05, 0.1) is 16.6 Å². The van der Waals surface area contributed by atoms with E-state index in [1.165, 1.54) is 10.9 Å². The number of benzene rings is 2. The van der Waals surface area contributed by atoms with Crippen LogP contribution in [-0.2, 0) is 16.1 Å². The molecule has 2 aromatic heterocycles. The third-order valence-corrected chi connectivity index (χ3v) is 6.89. The highest BCUT2D eigenvalue weighted by molar-refractivity contribution is 7.20. The van der Waals surface area contributed by atoms with Crippen LogP contribution in [0.25, 0.3) is 10.2 Å². The molecular formula is C26H25N3O4S. The summed E-state index contributed by atoms with van der Waals surface area (Å²) in [5, 5.41) is 3.25. The van der Waals surface area contributed by atoms with E-state index >= 15 is 0 Å². The molecule has 0 aliphatic rings. The molecule has 2 heterocycles. The Balaban J connectivity index is 1.62. The van der Waals surface area contributed by atoms with Gasteiger partial charge in [-0.05, 0) is 43.0 Å². The van der Waals surface area contributed by atoms with E-state index in [0.29, 0.717) is 32.8 Å². The van der Waals surface area contributed by atoms with Crippen LogP contribution in [0, 0.1) is 13.8 Å². The summed E-state index contributed by atoms with van der Waals surface area (Å²) in [6.07, 6.45) is 1.73. The second kappa shape index (κ2) is 10.0. The molecule has 0 fully saturated rings. The smallest absolute Gasteiger partial charge is 0.329 e. The van der Waals surface area contributed by atoms with Gasteiger partial charge in [0.25, 0.3) is 11.5 Å². The molecule has 1 N–H and O–H groups in total. The van der Waals surface area contributed by atoms with Crippen molar-refractivity contribution in [2.24, 2.45) is 0 Å². The number of hydrogen-bond donors (Lipinski definition) is 1. The standard InChI is InChI=1S/C26H25N3O4S/c1-4-20(26(32)33-14-18-11-6-5-7-12-18)29-15-27-24-21(25(29)31)17(3)22(34-24)23(30)28-19-13-9-8-10-16(19)2/h5-13,15,20H,4,14H2,1-3H3,(H,28,30). The van der Waals surface area contributed by atoms with Crippen molar-refractivity contribution in [3.05, 3.63) is 92.8 Å². The third-order valence-electron chi connectivity index (χ3n) is 5.69. The predicted molar refractivity (Wildman–Crippen MR) is 133 cm³/mol. The lowest BCUT2D eigenvalue weighted by molar-refractivity contribution is -0.149. The van der Waals surface area contributed by atoms with Gasteiger partial charge in [-0.2, -0.15) is 0 Å². The van der Waals surface area contributed by atoms with Crippen LogP contribution in [0.3, 0.4) is 0 Å². The number of thiophene rings is 1. The Morgan fingerprint density at radius 3 is 2.50 bits per heavy atom. The van der Waals surface area contributed by atoms with Crippen molar-refractivity contribution in [2.45, 2.75) is 39.8 Å². The molecule has 0 saturated heterocycles. The molecule has 0 aliphatic carbocycles. The summed E-state index contributed by atoms with van der Waals surface area (Å²) in [5.41, 5.74) is 2.70. The van der Waals surface area contributed by atoms with Crippen LogP contribution in [-0.4, -0.2) is 21.4 Å². The lowest BCUT2D eigenvalue weighted by atomic mass is 10.1. The van der Waals surface area contributed by atoms with E-state index in [9.17, 15) is 14.4 Å². The number of amides is 1. The van der Waals surface area contributed by atoms with Gasteiger partial charge in [0, 0.05) is 5.69 Å². The first-order valence-electron chi connectivity index (χ1n) is 11.0. The maximum absolute atomic E-state index is 13.4. The first kappa shape index (κ1) is 23.4. The fourth-order valence-corrected chi connectivity index (χ4v) is 4.80. The van der Waals surface area contributed by atoms with Crippen molar-refractivity contribution in [1.29, 1.82) is 0 Å². The second-order valence-electron chi connectivity index (χ2n) is 7.98. The van der Waals surface area contributed by atoms with E-state index in [2.05, 4.69) is 10.3 Å². The van der Waals surface area contributed by atoms with E-state index in [1.807, 2.05) is 68.4 Å². The number of fused-ring (bicyclic) bond motifs is 1. The largest absolute Gasteiger partial charge is 0.459 e. The molecule has 0 bridgehead atoms. The molecule has 4 aromatic rings. The average molecular weight is 476 g/mol. The van der Waals surface area contributed by atoms with Gasteiger partial charge >= 0.3 is 5.97 Å². The Hall–Kier alpha value is -3.78. The van der Waals surface area contributed by atoms with E-state index < -0.39 is 12.0 Å². The number of anilines is 1. The molecule has 1 amide bonds. The molecule has 8 heteroatoms. The number of nitrogens with zero attached hydrogens (tertiary/aromatic N) is 2. The van der Waals surface area contributed by atoms with Gasteiger partial charge in [0.2, 0.25) is 0 Å². The van der Waals surface area contributed by atoms with Crippen molar-refractivity contribution in [1.82, 2.24) is 9.55 Å². The molecule has 1 unspecified atom stereocenters. The Kier molecular flexibility index (Phi) is 6.88. The second-order valence-corrected chi connectivity index (χ2v) is 8.98. The Bertz CT molecular complexity index is 1410. The predicted octanol–water partition coefficient (Wildman–Crippen LogP) is 5.02. The number of nitrogens with one attached hydrogen (secondary N) is 1. The molecule has 34 heavy (non-hydrogen) atoms. The monoisotopic (exact) mass is 475 g/mol. The fourth-order valence-electron chi connectivity index (χ4n) is 3.77. The summed E-state index contributed by atoms with van der Waals surface area (Å²) in [5.74, 6) is -0.796. The minimum Gasteiger partial charge on any atom is -0.459 e. The Morgan fingerprint density at radius 1 is 1.09 bits per heavy atom. The van der Waals surface area contributed by atoms with Crippen molar-refractivity contribution in [2.75, 3.05) is 5.32 Å². The minimum atomic E-state index is -0.809. The zero-order valence-electron chi connectivity index (χ0n) is 19.2. The zero-order valence-corrected chi connectivity index (χ0v) is 20.0. The van der Waals surface area contributed by atoms with Crippen LogP contribution in [0.5, 0.6) is 0 Å². The summed E-state index contributed by atoms with van der Waals surface area (Å²) in [4.78, 5) is 44.4. The first-order valence-corrected chi connectivity index (χ1v) is 11.8. The van der Waals surface area contributed by atoms with Crippen molar-refractivity contribution < 1.29 is 14.3 Å². The molecule has 0 spiro atoms. The SMILES string of the molecule is CCC(C(=O)OCc1ccccc1)n1cnc2sc(C(=O)Nc3ccccc3C)c(C)c2c1=O. The fraction of sp³-hybridized carbons (Fsp3) is 0.231. The van der Waals surface area contributed by atoms with Gasteiger partial charge < -0.3 is 10.1 Å². The highest BCUT2D eigenvalue weighted by Crippen LogP contribution is 2.29. The van der Waals surface area contributed by atoms with Crippen LogP contribution in [0.1, 0.15) is 45.7 Å². The number of aromatic nitrogens is 2. The van der Waals surface area contributed by atoms with E-state index in [4.69, 9.17) is 4.74 Å². The van der Waals surface area contributed by atoms with Gasteiger partial charge in [-0.15, -0.1) is 11.3 Å². The van der Waals surface area contributed by atoms with Crippen molar-refractivity contribution >= 4 is 39.1 Å². The van der Waals surface area contributed by atoms with Crippen LogP contribution < -0.4 is 10.9 Å². The molecule has 2 aromatic carbocycles. The summed E-state index contributed by atoms with van der Waals surface area (Å²) in [6.45, 7) is 5.58. The lowest BCUT2D eigenvalue weighted by Crippen LogP contribution is -2.31. The number of carbonyl (C=O) groups is 2. The number of hydrogen-bond acceptors (Lipinski definition) is 6. The van der Waals surface area contributed by atoms with Crippen LogP contribution in [0.2, 0.25) is 0 Å². The van der Waals surface area contributed by atoms with Crippen LogP contribution in [0.4, 0.5) is 5.69 Å². The number of para-hydroxylation sites is 1. The number of carbonyl (C=O) groups excluding carboxylic acids is 2. The maximum Gasteiger partial charge on any atom is 0.329 e. The summed E-state index contributed by atoms with van der Waals surface area (Å²) < 4.78 is 6.77. The van der Waals surface area contributed by atoms with Crippen LogP contribution in [0.15, 0.2) is 65.7 Å². The van der Waals surface area contributed by atoms with E-state index in [0.717, 1.165) is 22.5 Å². The van der Waals surface area contributed by atoms with E-state index in [-0.39, 0.29) is 18.1 Å². The van der Waals surface area contributed by atoms with E-state index in [1.54, 1.807) is 6.92 Å². The highest BCUT2D eigenvalue weighted by Gasteiger charge is 2.25. The number of ether oxygens (including phenoxy) is 1. The highest BCUT2D eigenvalue weighted by atomic mass is 32.1. The van der Waals surface area contributed by atoms with Gasteiger partial charge in [0.15, 0.2) is 0 Å². The number of esters is 1. The Morgan fingerprint density at radius 2 is 1.79 bits per heavy atom. The third kappa shape index (κ3) is 4.63. The lowest BCUT2D eigenvalue weighted by Gasteiger charge is -2.17. The maximum atomic E-state index is 13.4. The molecule has 0 saturated carbocycles. The minimum absolute atomic E-state index is 0.126. The molecular weight excluding hydrogens is 450 g/mol. The van der Waals surface area contributed by atoms with Crippen LogP contribution >= 0.6 is 11.3 Å². The molecule has 0 aliphatic heterocycles. The quantitative estimate of drug-likeness (QED) is 0.379. The summed E-state index contributed by atoms with van der Waals surface area (Å²) >= 11 is 1.16. The number of rotatable bonds is 7. The zero-order chi connectivity index (χ0) is 24.2. The normalized spacial score (nSPS) is 11.9. The molecule has 7 nitrogen and oxygen atoms in total. The first-order chi connectivity index (χ1) is 16.4. The molecule has 0 radical (unpaired) electrons. The molecule has 174 valence electrons. The van der Waals surface area contributed by atoms with Gasteiger partial charge in [0.1, 0.15) is 17.5 Å². The Labute approximate surface area is 201 Å².